The van der Waals surface area contributed by atoms with Gasteiger partial charge in [0, 0.05) is 17.1 Å². The monoisotopic (exact) mass is 188 g/mol. The summed E-state index contributed by atoms with van der Waals surface area (Å²) in [4.78, 5) is 3.34. The van der Waals surface area contributed by atoms with Gasteiger partial charge in [0.05, 0.1) is 0 Å². The van der Waals surface area contributed by atoms with Crippen LogP contribution in [0.1, 0.15) is 11.1 Å². The van der Waals surface area contributed by atoms with E-state index in [-0.39, 0.29) is 0 Å². The average Bonchev–Trinajstić information content (AvgIpc) is 2.60. The number of fused-ring (bicyclic) bond motifs is 1. The van der Waals surface area contributed by atoms with E-state index in [4.69, 9.17) is 0 Å². The number of likely N-dealkylation sites (N-methyl/N-ethyl adjacent to an activating group) is 1. The van der Waals surface area contributed by atoms with Crippen LogP contribution in [-0.2, 0) is 6.42 Å². The molecule has 0 spiro atoms. The Morgan fingerprint density at radius 2 is 2.21 bits per heavy atom. The first-order chi connectivity index (χ1) is 6.83. The highest BCUT2D eigenvalue weighted by Crippen LogP contribution is 2.21. The SMILES string of the molecule is CNCCc1c[nH]c2c(C)cccc12. The van der Waals surface area contributed by atoms with E-state index in [1.165, 1.54) is 22.0 Å². The molecule has 0 aliphatic heterocycles. The van der Waals surface area contributed by atoms with Crippen LogP contribution < -0.4 is 5.32 Å². The number of rotatable bonds is 3. The molecule has 0 bridgehead atoms. The maximum atomic E-state index is 3.34. The molecule has 0 atom stereocenters. The molecule has 2 rings (SSSR count). The van der Waals surface area contributed by atoms with Gasteiger partial charge in [-0.3, -0.25) is 0 Å². The topological polar surface area (TPSA) is 27.8 Å². The minimum absolute atomic E-state index is 1.03. The normalized spacial score (nSPS) is 11.0. The van der Waals surface area contributed by atoms with Gasteiger partial charge in [-0.2, -0.15) is 0 Å². The van der Waals surface area contributed by atoms with Crippen molar-refractivity contribution in [3.05, 3.63) is 35.5 Å². The Balaban J connectivity index is 2.42. The van der Waals surface area contributed by atoms with E-state index in [0.717, 1.165) is 13.0 Å². The summed E-state index contributed by atoms with van der Waals surface area (Å²) in [6.07, 6.45) is 3.20. The fraction of sp³-hybridized carbons (Fsp3) is 0.333. The van der Waals surface area contributed by atoms with Crippen molar-refractivity contribution in [1.29, 1.82) is 0 Å². The lowest BCUT2D eigenvalue weighted by molar-refractivity contribution is 0.795. The van der Waals surface area contributed by atoms with Crippen molar-refractivity contribution in [2.24, 2.45) is 0 Å². The zero-order chi connectivity index (χ0) is 9.97. The van der Waals surface area contributed by atoms with Crippen LogP contribution in [0, 0.1) is 6.92 Å². The van der Waals surface area contributed by atoms with Crippen molar-refractivity contribution in [3.8, 4) is 0 Å². The van der Waals surface area contributed by atoms with Crippen LogP contribution in [0.15, 0.2) is 24.4 Å². The highest BCUT2D eigenvalue weighted by atomic mass is 14.8. The van der Waals surface area contributed by atoms with Gasteiger partial charge in [0.1, 0.15) is 0 Å². The third kappa shape index (κ3) is 1.53. The third-order valence-corrected chi connectivity index (χ3v) is 2.65. The molecule has 2 nitrogen and oxygen atoms in total. The summed E-state index contributed by atoms with van der Waals surface area (Å²) in [5, 5.41) is 4.53. The largest absolute Gasteiger partial charge is 0.361 e. The molecule has 0 unspecified atom stereocenters. The molecule has 0 fully saturated rings. The Bertz CT molecular complexity index is 429. The summed E-state index contributed by atoms with van der Waals surface area (Å²) in [5.41, 5.74) is 4.00. The van der Waals surface area contributed by atoms with Crippen LogP contribution in [0.2, 0.25) is 0 Å². The fourth-order valence-electron chi connectivity index (χ4n) is 1.83. The maximum absolute atomic E-state index is 3.34. The third-order valence-electron chi connectivity index (χ3n) is 2.65. The Kier molecular flexibility index (Phi) is 2.55. The zero-order valence-electron chi connectivity index (χ0n) is 8.72. The minimum atomic E-state index is 1.03. The summed E-state index contributed by atoms with van der Waals surface area (Å²) < 4.78 is 0. The average molecular weight is 188 g/mol. The lowest BCUT2D eigenvalue weighted by atomic mass is 10.1. The number of aryl methyl sites for hydroxylation is 1. The van der Waals surface area contributed by atoms with Crippen molar-refractivity contribution in [2.45, 2.75) is 13.3 Å². The van der Waals surface area contributed by atoms with Crippen LogP contribution in [0.5, 0.6) is 0 Å². The summed E-state index contributed by atoms with van der Waals surface area (Å²) in [6.45, 7) is 3.17. The molecular weight excluding hydrogens is 172 g/mol. The second-order valence-electron chi connectivity index (χ2n) is 3.66. The highest BCUT2D eigenvalue weighted by Gasteiger charge is 2.03. The fourth-order valence-corrected chi connectivity index (χ4v) is 1.83. The van der Waals surface area contributed by atoms with Gasteiger partial charge in [0.25, 0.3) is 0 Å². The molecule has 0 saturated carbocycles. The molecule has 0 saturated heterocycles. The molecule has 1 aromatic heterocycles. The molecule has 2 N–H and O–H groups in total. The Morgan fingerprint density at radius 3 is 3.00 bits per heavy atom. The van der Waals surface area contributed by atoms with E-state index in [0.29, 0.717) is 0 Å². The smallest absolute Gasteiger partial charge is 0.0486 e. The second-order valence-corrected chi connectivity index (χ2v) is 3.66. The second kappa shape index (κ2) is 3.84. The minimum Gasteiger partial charge on any atom is -0.361 e. The van der Waals surface area contributed by atoms with Gasteiger partial charge in [-0.25, -0.2) is 0 Å². The molecule has 1 aromatic carbocycles. The molecule has 0 radical (unpaired) electrons. The number of hydrogen-bond donors (Lipinski definition) is 2. The van der Waals surface area contributed by atoms with Crippen LogP contribution >= 0.6 is 0 Å². The molecule has 0 aliphatic carbocycles. The molecule has 74 valence electrons. The van der Waals surface area contributed by atoms with Crippen LogP contribution in [0.25, 0.3) is 10.9 Å². The summed E-state index contributed by atoms with van der Waals surface area (Å²) in [7, 11) is 1.99. The molecule has 2 aromatic rings. The van der Waals surface area contributed by atoms with Crippen molar-refractivity contribution in [1.82, 2.24) is 10.3 Å². The number of para-hydroxylation sites is 1. The van der Waals surface area contributed by atoms with Crippen molar-refractivity contribution >= 4 is 10.9 Å². The van der Waals surface area contributed by atoms with Crippen molar-refractivity contribution in [2.75, 3.05) is 13.6 Å². The predicted octanol–water partition coefficient (Wildman–Crippen LogP) is 2.24. The van der Waals surface area contributed by atoms with Gasteiger partial charge in [-0.15, -0.1) is 0 Å². The van der Waals surface area contributed by atoms with E-state index in [1.54, 1.807) is 0 Å². The van der Waals surface area contributed by atoms with Crippen molar-refractivity contribution in [3.63, 3.8) is 0 Å². The Morgan fingerprint density at radius 1 is 1.36 bits per heavy atom. The number of aromatic amines is 1. The molecule has 1 heterocycles. The quantitative estimate of drug-likeness (QED) is 0.759. The first-order valence-corrected chi connectivity index (χ1v) is 5.03. The van der Waals surface area contributed by atoms with E-state index >= 15 is 0 Å². The molecule has 14 heavy (non-hydrogen) atoms. The Labute approximate surface area is 84.3 Å². The van der Waals surface area contributed by atoms with Crippen molar-refractivity contribution < 1.29 is 0 Å². The van der Waals surface area contributed by atoms with Gasteiger partial charge < -0.3 is 10.3 Å². The molecular formula is C12H16N2. The van der Waals surface area contributed by atoms with Crippen LogP contribution in [0.4, 0.5) is 0 Å². The molecule has 2 heteroatoms. The first kappa shape index (κ1) is 9.28. The standard InChI is InChI=1S/C12H16N2/c1-9-4-3-5-11-10(6-7-13-2)8-14-12(9)11/h3-5,8,13-14H,6-7H2,1-2H3. The van der Waals surface area contributed by atoms with E-state index in [1.807, 2.05) is 7.05 Å². The number of nitrogens with one attached hydrogen (secondary N) is 2. The summed E-state index contributed by atoms with van der Waals surface area (Å²) in [5.74, 6) is 0. The lowest BCUT2D eigenvalue weighted by Gasteiger charge is -1.99. The molecule has 0 aliphatic rings. The van der Waals surface area contributed by atoms with E-state index < -0.39 is 0 Å². The number of benzene rings is 1. The van der Waals surface area contributed by atoms with Crippen LogP contribution in [0.3, 0.4) is 0 Å². The maximum Gasteiger partial charge on any atom is 0.0486 e. The van der Waals surface area contributed by atoms with E-state index in [9.17, 15) is 0 Å². The first-order valence-electron chi connectivity index (χ1n) is 5.03. The number of hydrogen-bond acceptors (Lipinski definition) is 1. The number of H-pyrrole nitrogens is 1. The summed E-state index contributed by atoms with van der Waals surface area (Å²) in [6, 6.07) is 6.44. The van der Waals surface area contributed by atoms with Gasteiger partial charge >= 0.3 is 0 Å². The van der Waals surface area contributed by atoms with Crippen LogP contribution in [-0.4, -0.2) is 18.6 Å². The zero-order valence-corrected chi connectivity index (χ0v) is 8.72. The van der Waals surface area contributed by atoms with Gasteiger partial charge in [0.15, 0.2) is 0 Å². The van der Waals surface area contributed by atoms with Gasteiger partial charge in [-0.05, 0) is 38.1 Å². The Hall–Kier alpha value is -1.28. The lowest BCUT2D eigenvalue weighted by Crippen LogP contribution is -2.09. The van der Waals surface area contributed by atoms with Gasteiger partial charge in [-0.1, -0.05) is 18.2 Å². The number of aromatic nitrogens is 1. The van der Waals surface area contributed by atoms with Gasteiger partial charge in [0.2, 0.25) is 0 Å². The highest BCUT2D eigenvalue weighted by molar-refractivity contribution is 5.85. The predicted molar refractivity (Wildman–Crippen MR) is 60.7 cm³/mol. The molecule has 0 amide bonds. The summed E-state index contributed by atoms with van der Waals surface area (Å²) >= 11 is 0. The van der Waals surface area contributed by atoms with E-state index in [2.05, 4.69) is 41.6 Å².